The Kier molecular flexibility index (Phi) is 3.52. The van der Waals surface area contributed by atoms with Gasteiger partial charge < -0.3 is 0 Å². The molecule has 1 radical (unpaired) electrons. The van der Waals surface area contributed by atoms with Gasteiger partial charge in [-0.15, -0.1) is 0 Å². The fourth-order valence-corrected chi connectivity index (χ4v) is 0.877. The van der Waals surface area contributed by atoms with Crippen molar-refractivity contribution in [2.75, 3.05) is 6.54 Å². The number of rotatable bonds is 3. The van der Waals surface area contributed by atoms with Crippen LogP contribution in [-0.2, 0) is 0 Å². The summed E-state index contributed by atoms with van der Waals surface area (Å²) in [6.07, 6.45) is 1.89. The predicted octanol–water partition coefficient (Wildman–Crippen LogP) is 2.69. The predicted molar refractivity (Wildman–Crippen MR) is 54.5 cm³/mol. The smallest absolute Gasteiger partial charge is 0.292 e. The monoisotopic (exact) mass is 161 g/mol. The van der Waals surface area contributed by atoms with Gasteiger partial charge >= 0.3 is 1.43 Å². The van der Waals surface area contributed by atoms with Crippen LogP contribution in [0.3, 0.4) is 0 Å². The van der Waals surface area contributed by atoms with Crippen molar-refractivity contribution in [3.63, 3.8) is 0 Å². The van der Waals surface area contributed by atoms with Crippen LogP contribution in [0.1, 0.15) is 13.9 Å². The third-order valence-corrected chi connectivity index (χ3v) is 1.46. The lowest BCUT2D eigenvalue weighted by Gasteiger charge is -1.96. The summed E-state index contributed by atoms with van der Waals surface area (Å²) in [6.45, 7) is 6.71. The molecule has 0 amide bonds. The molecule has 63 valence electrons. The summed E-state index contributed by atoms with van der Waals surface area (Å²) in [5.74, 6) is 0.393. The molecule has 0 saturated heterocycles. The lowest BCUT2D eigenvalue weighted by Crippen LogP contribution is -1.92. The zero-order valence-corrected chi connectivity index (χ0v) is 7.40. The first-order valence-corrected chi connectivity index (χ1v) is 4.17. The van der Waals surface area contributed by atoms with Crippen LogP contribution in [-0.4, -0.2) is 12.8 Å². The number of nitrogens with zero attached hydrogens (tertiary/aromatic N) is 1. The van der Waals surface area contributed by atoms with E-state index in [1.54, 1.807) is 0 Å². The maximum Gasteiger partial charge on any atom is 1.00 e. The zero-order chi connectivity index (χ0) is 8.81. The normalized spacial score (nSPS) is 11.2. The first-order chi connectivity index (χ1) is 5.79. The van der Waals surface area contributed by atoms with Crippen molar-refractivity contribution < 1.29 is 1.43 Å². The largest absolute Gasteiger partial charge is 1.00 e. The van der Waals surface area contributed by atoms with Gasteiger partial charge in [0.2, 0.25) is 0 Å². The molecule has 1 rings (SSSR count). The molecule has 1 aromatic rings. The van der Waals surface area contributed by atoms with Crippen molar-refractivity contribution in [1.29, 1.82) is 0 Å². The second-order valence-electron chi connectivity index (χ2n) is 3.01. The molecule has 0 spiro atoms. The van der Waals surface area contributed by atoms with Gasteiger partial charge in [-0.25, -0.2) is 0 Å². The molecule has 12 heavy (non-hydrogen) atoms. The Morgan fingerprint density at radius 2 is 2.17 bits per heavy atom. The standard InChI is InChI=1S/C11H14N/c1-10(2)8-12-9-11-6-4-3-5-7-11/h3-7,9-10H,1,8H2,2H3/p+1. The van der Waals surface area contributed by atoms with E-state index in [0.717, 1.165) is 12.1 Å². The molecule has 1 nitrogen and oxygen atoms in total. The summed E-state index contributed by atoms with van der Waals surface area (Å²) in [5, 5.41) is 0. The SMILES string of the molecule is [CH2]C(C)CN=Cc1ccccc1.[H+]. The molecule has 1 atom stereocenters. The van der Waals surface area contributed by atoms with E-state index in [4.69, 9.17) is 0 Å². The van der Waals surface area contributed by atoms with Crippen LogP contribution < -0.4 is 0 Å². The molecule has 0 fully saturated rings. The Balaban J connectivity index is 0.00000144. The van der Waals surface area contributed by atoms with Gasteiger partial charge in [-0.3, -0.25) is 4.99 Å². The molecule has 0 heterocycles. The first kappa shape index (κ1) is 8.98. The van der Waals surface area contributed by atoms with E-state index >= 15 is 0 Å². The molecule has 0 aliphatic rings. The van der Waals surface area contributed by atoms with E-state index in [1.165, 1.54) is 0 Å². The van der Waals surface area contributed by atoms with E-state index in [2.05, 4.69) is 18.8 Å². The average Bonchev–Trinajstić information content (AvgIpc) is 2.05. The maximum absolute atomic E-state index is 4.25. The van der Waals surface area contributed by atoms with E-state index in [-0.39, 0.29) is 1.43 Å². The summed E-state index contributed by atoms with van der Waals surface area (Å²) >= 11 is 0. The maximum atomic E-state index is 4.25. The van der Waals surface area contributed by atoms with Gasteiger partial charge in [0, 0.05) is 12.8 Å². The molecule has 0 aliphatic heterocycles. The summed E-state index contributed by atoms with van der Waals surface area (Å²) < 4.78 is 0. The van der Waals surface area contributed by atoms with Crippen molar-refractivity contribution in [2.45, 2.75) is 6.92 Å². The fraction of sp³-hybridized carbons (Fsp3) is 0.273. The molecule has 0 aromatic heterocycles. The lowest BCUT2D eigenvalue weighted by molar-refractivity contribution is 0.739. The van der Waals surface area contributed by atoms with E-state index < -0.39 is 0 Å². The molecule has 1 heteroatoms. The van der Waals surface area contributed by atoms with E-state index in [9.17, 15) is 0 Å². The highest BCUT2D eigenvalue weighted by molar-refractivity contribution is 5.79. The van der Waals surface area contributed by atoms with Gasteiger partial charge in [-0.1, -0.05) is 37.3 Å². The quantitative estimate of drug-likeness (QED) is 0.604. The van der Waals surface area contributed by atoms with Crippen LogP contribution in [0.25, 0.3) is 0 Å². The highest BCUT2D eigenvalue weighted by atomic mass is 14.7. The van der Waals surface area contributed by atoms with Crippen LogP contribution in [0.2, 0.25) is 0 Å². The second-order valence-corrected chi connectivity index (χ2v) is 3.01. The van der Waals surface area contributed by atoms with Gasteiger partial charge in [0.05, 0.1) is 0 Å². The van der Waals surface area contributed by atoms with Gasteiger partial charge in [0.15, 0.2) is 0 Å². The minimum absolute atomic E-state index is 0. The molecule has 0 saturated carbocycles. The molecule has 1 aromatic carbocycles. The Morgan fingerprint density at radius 3 is 2.75 bits per heavy atom. The molecule has 0 bridgehead atoms. The van der Waals surface area contributed by atoms with Crippen molar-refractivity contribution in [3.8, 4) is 0 Å². The molecular weight excluding hydrogens is 146 g/mol. The van der Waals surface area contributed by atoms with Crippen molar-refractivity contribution in [1.82, 2.24) is 0 Å². The Hall–Kier alpha value is -1.11. The summed E-state index contributed by atoms with van der Waals surface area (Å²) in [6, 6.07) is 10.1. The number of hydrogen-bond acceptors (Lipinski definition) is 1. The summed E-state index contributed by atoms with van der Waals surface area (Å²) in [5.41, 5.74) is 1.15. The fourth-order valence-electron chi connectivity index (χ4n) is 0.877. The Morgan fingerprint density at radius 1 is 1.50 bits per heavy atom. The minimum atomic E-state index is 0. The van der Waals surface area contributed by atoms with Crippen molar-refractivity contribution in [3.05, 3.63) is 42.8 Å². The zero-order valence-electron chi connectivity index (χ0n) is 8.40. The van der Waals surface area contributed by atoms with E-state index in [0.29, 0.717) is 5.92 Å². The first-order valence-electron chi connectivity index (χ1n) is 4.17. The lowest BCUT2D eigenvalue weighted by atomic mass is 10.2. The topological polar surface area (TPSA) is 12.4 Å². The summed E-state index contributed by atoms with van der Waals surface area (Å²) in [7, 11) is 0. The molecule has 0 N–H and O–H groups in total. The van der Waals surface area contributed by atoms with Crippen molar-refractivity contribution >= 4 is 6.21 Å². The highest BCUT2D eigenvalue weighted by Gasteiger charge is 1.88. The molecule has 1 unspecified atom stereocenters. The third kappa shape index (κ3) is 3.33. The minimum Gasteiger partial charge on any atom is -0.292 e. The third-order valence-electron chi connectivity index (χ3n) is 1.46. The second kappa shape index (κ2) is 4.70. The number of benzene rings is 1. The van der Waals surface area contributed by atoms with Crippen LogP contribution in [0, 0.1) is 12.8 Å². The van der Waals surface area contributed by atoms with Crippen LogP contribution in [0.15, 0.2) is 35.3 Å². The van der Waals surface area contributed by atoms with Gasteiger partial charge in [-0.05, 0) is 18.4 Å². The van der Waals surface area contributed by atoms with Gasteiger partial charge in [-0.2, -0.15) is 0 Å². The van der Waals surface area contributed by atoms with Crippen molar-refractivity contribution in [2.24, 2.45) is 10.9 Å². The average molecular weight is 161 g/mol. The van der Waals surface area contributed by atoms with Gasteiger partial charge in [0.25, 0.3) is 0 Å². The Bertz CT molecular complexity index is 242. The molecule has 0 aliphatic carbocycles. The van der Waals surface area contributed by atoms with Gasteiger partial charge in [0.1, 0.15) is 0 Å². The van der Waals surface area contributed by atoms with Crippen LogP contribution in [0.5, 0.6) is 0 Å². The summed E-state index contributed by atoms with van der Waals surface area (Å²) in [4.78, 5) is 4.25. The van der Waals surface area contributed by atoms with Crippen LogP contribution >= 0.6 is 0 Å². The Labute approximate surface area is 75.6 Å². The molecular formula is C11H15N+. The highest BCUT2D eigenvalue weighted by Crippen LogP contribution is 1.95. The van der Waals surface area contributed by atoms with E-state index in [1.807, 2.05) is 36.5 Å². The van der Waals surface area contributed by atoms with Crippen LogP contribution in [0.4, 0.5) is 0 Å². The number of hydrogen-bond donors (Lipinski definition) is 0. The number of aliphatic imine (C=N–C) groups is 1.